The molecule has 0 bridgehead atoms. The lowest BCUT2D eigenvalue weighted by Crippen LogP contribution is -2.28. The summed E-state index contributed by atoms with van der Waals surface area (Å²) in [6.07, 6.45) is 2.10. The summed E-state index contributed by atoms with van der Waals surface area (Å²) in [5.74, 6) is 0.576. The summed E-state index contributed by atoms with van der Waals surface area (Å²) in [6, 6.07) is 0.377. The van der Waals surface area contributed by atoms with Gasteiger partial charge in [-0.3, -0.25) is 0 Å². The monoisotopic (exact) mass is 241 g/mol. The summed E-state index contributed by atoms with van der Waals surface area (Å²) >= 11 is 1.53. The van der Waals surface area contributed by atoms with Gasteiger partial charge in [0.05, 0.1) is 23.2 Å². The van der Waals surface area contributed by atoms with Gasteiger partial charge in [-0.25, -0.2) is 0 Å². The number of rotatable bonds is 5. The van der Waals surface area contributed by atoms with Crippen LogP contribution in [0.5, 0.6) is 0 Å². The third-order valence-electron chi connectivity index (χ3n) is 3.06. The largest absolute Gasteiger partial charge is 0.381 e. The molecule has 1 aliphatic heterocycles. The van der Waals surface area contributed by atoms with Gasteiger partial charge in [-0.2, -0.15) is 0 Å². The van der Waals surface area contributed by atoms with Crippen LogP contribution in [0.25, 0.3) is 0 Å². The molecular weight excluding hydrogens is 222 g/mol. The molecule has 5 heteroatoms. The van der Waals surface area contributed by atoms with E-state index in [4.69, 9.17) is 4.74 Å². The van der Waals surface area contributed by atoms with Crippen molar-refractivity contribution in [2.75, 3.05) is 19.8 Å². The van der Waals surface area contributed by atoms with Crippen molar-refractivity contribution in [3.63, 3.8) is 0 Å². The second kappa shape index (κ2) is 5.70. The second-order valence-electron chi connectivity index (χ2n) is 4.10. The van der Waals surface area contributed by atoms with Crippen LogP contribution in [0.4, 0.5) is 0 Å². The van der Waals surface area contributed by atoms with Crippen molar-refractivity contribution in [1.82, 2.24) is 14.9 Å². The Labute approximate surface area is 101 Å². The summed E-state index contributed by atoms with van der Waals surface area (Å²) in [7, 11) is 0. The third kappa shape index (κ3) is 2.42. The third-order valence-corrected chi connectivity index (χ3v) is 3.91. The molecule has 1 aromatic heterocycles. The molecule has 2 heterocycles. The first-order valence-electron chi connectivity index (χ1n) is 5.99. The van der Waals surface area contributed by atoms with E-state index >= 15 is 0 Å². The molecule has 0 amide bonds. The summed E-state index contributed by atoms with van der Waals surface area (Å²) in [6.45, 7) is 7.00. The highest BCUT2D eigenvalue weighted by Crippen LogP contribution is 2.32. The van der Waals surface area contributed by atoms with Gasteiger partial charge in [-0.15, -0.1) is 5.10 Å². The fourth-order valence-corrected chi connectivity index (χ4v) is 3.11. The number of hydrogen-bond donors (Lipinski definition) is 1. The van der Waals surface area contributed by atoms with Crippen LogP contribution < -0.4 is 5.32 Å². The number of ether oxygens (including phenoxy) is 1. The molecule has 0 saturated carbocycles. The zero-order chi connectivity index (χ0) is 11.4. The van der Waals surface area contributed by atoms with Gasteiger partial charge in [0.15, 0.2) is 0 Å². The maximum Gasteiger partial charge on any atom is 0.0801 e. The molecule has 0 radical (unpaired) electrons. The molecule has 90 valence electrons. The van der Waals surface area contributed by atoms with E-state index in [1.807, 2.05) is 0 Å². The van der Waals surface area contributed by atoms with Crippen molar-refractivity contribution in [3.05, 3.63) is 10.6 Å². The van der Waals surface area contributed by atoms with Crippen LogP contribution in [0.3, 0.4) is 0 Å². The molecule has 1 aliphatic rings. The average molecular weight is 241 g/mol. The van der Waals surface area contributed by atoms with Crippen molar-refractivity contribution < 1.29 is 4.74 Å². The van der Waals surface area contributed by atoms with Crippen LogP contribution in [-0.4, -0.2) is 29.3 Å². The molecule has 1 saturated heterocycles. The maximum atomic E-state index is 5.48. The highest BCUT2D eigenvalue weighted by atomic mass is 32.1. The number of nitrogens with zero attached hydrogens (tertiary/aromatic N) is 2. The van der Waals surface area contributed by atoms with E-state index in [-0.39, 0.29) is 0 Å². The van der Waals surface area contributed by atoms with E-state index in [2.05, 4.69) is 28.8 Å². The quantitative estimate of drug-likeness (QED) is 0.853. The summed E-state index contributed by atoms with van der Waals surface area (Å²) in [5.41, 5.74) is 1.14. The first kappa shape index (κ1) is 12.0. The maximum absolute atomic E-state index is 5.48. The number of aryl methyl sites for hydroxylation is 1. The molecule has 2 atom stereocenters. The summed E-state index contributed by atoms with van der Waals surface area (Å²) < 4.78 is 9.56. The highest BCUT2D eigenvalue weighted by Gasteiger charge is 2.29. The van der Waals surface area contributed by atoms with Crippen molar-refractivity contribution in [3.8, 4) is 0 Å². The van der Waals surface area contributed by atoms with Crippen LogP contribution in [0, 0.1) is 5.92 Å². The van der Waals surface area contributed by atoms with Gasteiger partial charge in [0, 0.05) is 12.5 Å². The lowest BCUT2D eigenvalue weighted by Gasteiger charge is -2.22. The molecule has 1 fully saturated rings. The standard InChI is InChI=1S/C11H19N3OS/c1-3-9-11(16-14-13-9)10(12-4-2)8-5-6-15-7-8/h8,10,12H,3-7H2,1-2H3. The Hall–Kier alpha value is -0.520. The van der Waals surface area contributed by atoms with Crippen LogP contribution in [0.2, 0.25) is 0 Å². The van der Waals surface area contributed by atoms with Gasteiger partial charge < -0.3 is 10.1 Å². The molecule has 2 unspecified atom stereocenters. The molecule has 1 aromatic rings. The van der Waals surface area contributed by atoms with E-state index in [0.717, 1.165) is 38.3 Å². The topological polar surface area (TPSA) is 47.0 Å². The summed E-state index contributed by atoms with van der Waals surface area (Å²) in [4.78, 5) is 1.31. The van der Waals surface area contributed by atoms with E-state index in [0.29, 0.717) is 12.0 Å². The molecule has 2 rings (SSSR count). The Morgan fingerprint density at radius 3 is 3.06 bits per heavy atom. The minimum absolute atomic E-state index is 0.377. The van der Waals surface area contributed by atoms with E-state index in [1.165, 1.54) is 16.4 Å². The predicted octanol–water partition coefficient (Wildman–Crippen LogP) is 1.79. The second-order valence-corrected chi connectivity index (χ2v) is 4.88. The average Bonchev–Trinajstić information content (AvgIpc) is 2.96. The normalized spacial score (nSPS) is 22.5. The Morgan fingerprint density at radius 2 is 2.44 bits per heavy atom. The Morgan fingerprint density at radius 1 is 1.56 bits per heavy atom. The number of aromatic nitrogens is 2. The zero-order valence-electron chi connectivity index (χ0n) is 9.90. The van der Waals surface area contributed by atoms with Crippen molar-refractivity contribution in [2.24, 2.45) is 5.92 Å². The first-order chi connectivity index (χ1) is 7.86. The number of nitrogens with one attached hydrogen (secondary N) is 1. The Balaban J connectivity index is 2.17. The fraction of sp³-hybridized carbons (Fsp3) is 0.818. The van der Waals surface area contributed by atoms with Crippen LogP contribution in [-0.2, 0) is 11.2 Å². The highest BCUT2D eigenvalue weighted by molar-refractivity contribution is 7.05. The lowest BCUT2D eigenvalue weighted by molar-refractivity contribution is 0.177. The Bertz CT molecular complexity index is 323. The van der Waals surface area contributed by atoms with Gasteiger partial charge in [0.2, 0.25) is 0 Å². The van der Waals surface area contributed by atoms with E-state index in [1.54, 1.807) is 0 Å². The molecule has 0 aromatic carbocycles. The molecule has 0 aliphatic carbocycles. The zero-order valence-corrected chi connectivity index (χ0v) is 10.7. The van der Waals surface area contributed by atoms with Crippen molar-refractivity contribution >= 4 is 11.5 Å². The molecule has 0 spiro atoms. The first-order valence-corrected chi connectivity index (χ1v) is 6.76. The molecule has 1 N–H and O–H groups in total. The van der Waals surface area contributed by atoms with E-state index in [9.17, 15) is 0 Å². The van der Waals surface area contributed by atoms with E-state index < -0.39 is 0 Å². The van der Waals surface area contributed by atoms with Crippen LogP contribution in [0.1, 0.15) is 36.9 Å². The van der Waals surface area contributed by atoms with Gasteiger partial charge in [-0.1, -0.05) is 18.3 Å². The molecule has 4 nitrogen and oxygen atoms in total. The van der Waals surface area contributed by atoms with Crippen LogP contribution in [0.15, 0.2) is 0 Å². The van der Waals surface area contributed by atoms with Gasteiger partial charge in [-0.05, 0) is 30.9 Å². The van der Waals surface area contributed by atoms with Crippen LogP contribution >= 0.6 is 11.5 Å². The van der Waals surface area contributed by atoms with Crippen molar-refractivity contribution in [1.29, 1.82) is 0 Å². The van der Waals surface area contributed by atoms with Gasteiger partial charge >= 0.3 is 0 Å². The molecular formula is C11H19N3OS. The van der Waals surface area contributed by atoms with Gasteiger partial charge in [0.1, 0.15) is 0 Å². The minimum Gasteiger partial charge on any atom is -0.381 e. The van der Waals surface area contributed by atoms with Crippen molar-refractivity contribution in [2.45, 2.75) is 32.7 Å². The minimum atomic E-state index is 0.377. The smallest absolute Gasteiger partial charge is 0.0801 e. The number of hydrogen-bond acceptors (Lipinski definition) is 5. The Kier molecular flexibility index (Phi) is 4.26. The molecule has 16 heavy (non-hydrogen) atoms. The predicted molar refractivity (Wildman–Crippen MR) is 64.6 cm³/mol. The van der Waals surface area contributed by atoms with Gasteiger partial charge in [0.25, 0.3) is 0 Å². The lowest BCUT2D eigenvalue weighted by atomic mass is 9.96. The fourth-order valence-electron chi connectivity index (χ4n) is 2.21. The summed E-state index contributed by atoms with van der Waals surface area (Å²) in [5, 5.41) is 7.75. The SMILES string of the molecule is CCNC(c1snnc1CC)C1CCOC1.